The third-order valence-electron chi connectivity index (χ3n) is 5.07. The quantitative estimate of drug-likeness (QED) is 0.723. The van der Waals surface area contributed by atoms with Gasteiger partial charge in [-0.25, -0.2) is 9.97 Å². The van der Waals surface area contributed by atoms with Gasteiger partial charge in [-0.1, -0.05) is 12.1 Å². The molecule has 5 rings (SSSR count). The average molecular weight is 365 g/mol. The molecule has 8 heteroatoms. The molecule has 0 amide bonds. The Morgan fingerprint density at radius 2 is 1.70 bits per heavy atom. The second-order valence-electron chi connectivity index (χ2n) is 6.85. The summed E-state index contributed by atoms with van der Waals surface area (Å²) in [6.07, 6.45) is 0. The fourth-order valence-corrected chi connectivity index (χ4v) is 3.58. The molecule has 2 aromatic heterocycles. The van der Waals surface area contributed by atoms with Crippen LogP contribution in [0.4, 0.5) is 11.8 Å². The topological polar surface area (TPSA) is 82.2 Å². The predicted octanol–water partition coefficient (Wildman–Crippen LogP) is 1.27. The highest BCUT2D eigenvalue weighted by Gasteiger charge is 2.20. The van der Waals surface area contributed by atoms with Crippen LogP contribution in [0.3, 0.4) is 0 Å². The molecule has 0 aliphatic carbocycles. The minimum atomic E-state index is 0.710. The summed E-state index contributed by atoms with van der Waals surface area (Å²) >= 11 is 0. The summed E-state index contributed by atoms with van der Waals surface area (Å²) in [6.45, 7) is 6.86. The molecule has 1 aromatic carbocycles. The van der Waals surface area contributed by atoms with Crippen LogP contribution in [-0.4, -0.2) is 72.4 Å². The SMILES string of the molecule is c1ccc2[nH]c(-c3cc(N4CCNCC4)nc(N4CCOCC4)n3)nc2c1. The number of benzene rings is 1. The van der Waals surface area contributed by atoms with E-state index < -0.39 is 0 Å². The fourth-order valence-electron chi connectivity index (χ4n) is 3.58. The first-order valence-corrected chi connectivity index (χ1v) is 9.49. The van der Waals surface area contributed by atoms with Gasteiger partial charge in [0.1, 0.15) is 11.5 Å². The number of fused-ring (bicyclic) bond motifs is 1. The maximum Gasteiger partial charge on any atom is 0.228 e. The lowest BCUT2D eigenvalue weighted by Gasteiger charge is -2.31. The van der Waals surface area contributed by atoms with Crippen LogP contribution >= 0.6 is 0 Å². The molecule has 140 valence electrons. The summed E-state index contributed by atoms with van der Waals surface area (Å²) < 4.78 is 5.49. The summed E-state index contributed by atoms with van der Waals surface area (Å²) in [6, 6.07) is 10.1. The second kappa shape index (κ2) is 7.13. The third kappa shape index (κ3) is 3.33. The zero-order chi connectivity index (χ0) is 18.1. The van der Waals surface area contributed by atoms with Gasteiger partial charge in [-0.2, -0.15) is 4.98 Å². The molecule has 2 fully saturated rings. The molecule has 0 saturated carbocycles. The number of H-pyrrole nitrogens is 1. The first kappa shape index (κ1) is 16.5. The van der Waals surface area contributed by atoms with Crippen molar-refractivity contribution in [2.24, 2.45) is 0 Å². The predicted molar refractivity (Wildman–Crippen MR) is 105 cm³/mol. The molecule has 27 heavy (non-hydrogen) atoms. The number of para-hydroxylation sites is 2. The molecule has 2 aliphatic heterocycles. The van der Waals surface area contributed by atoms with Gasteiger partial charge >= 0.3 is 0 Å². The maximum atomic E-state index is 5.49. The van der Waals surface area contributed by atoms with Gasteiger partial charge in [0.2, 0.25) is 5.95 Å². The number of rotatable bonds is 3. The van der Waals surface area contributed by atoms with Gasteiger partial charge in [-0.15, -0.1) is 0 Å². The van der Waals surface area contributed by atoms with Crippen molar-refractivity contribution in [3.8, 4) is 11.5 Å². The molecule has 2 aliphatic rings. The lowest BCUT2D eigenvalue weighted by atomic mass is 10.3. The van der Waals surface area contributed by atoms with E-state index in [1.54, 1.807) is 0 Å². The number of hydrogen-bond donors (Lipinski definition) is 2. The average Bonchev–Trinajstić information content (AvgIpc) is 3.19. The van der Waals surface area contributed by atoms with E-state index in [9.17, 15) is 0 Å². The molecule has 0 radical (unpaired) electrons. The zero-order valence-electron chi connectivity index (χ0n) is 15.2. The summed E-state index contributed by atoms with van der Waals surface area (Å²) in [5.74, 6) is 2.50. The molecule has 4 heterocycles. The van der Waals surface area contributed by atoms with E-state index in [0.717, 1.165) is 73.6 Å². The maximum absolute atomic E-state index is 5.49. The normalized spacial score (nSPS) is 18.2. The van der Waals surface area contributed by atoms with E-state index in [2.05, 4.69) is 20.1 Å². The summed E-state index contributed by atoms with van der Waals surface area (Å²) in [4.78, 5) is 22.4. The van der Waals surface area contributed by atoms with Gasteiger partial charge in [0.25, 0.3) is 0 Å². The Labute approximate surface area is 157 Å². The van der Waals surface area contributed by atoms with E-state index >= 15 is 0 Å². The number of anilines is 2. The van der Waals surface area contributed by atoms with Crippen LogP contribution in [0.1, 0.15) is 0 Å². The van der Waals surface area contributed by atoms with Crippen molar-refractivity contribution in [1.82, 2.24) is 25.3 Å². The Bertz CT molecular complexity index is 859. The van der Waals surface area contributed by atoms with Crippen molar-refractivity contribution in [3.05, 3.63) is 30.3 Å². The van der Waals surface area contributed by atoms with Gasteiger partial charge in [0.15, 0.2) is 5.82 Å². The van der Waals surface area contributed by atoms with Crippen molar-refractivity contribution >= 4 is 22.8 Å². The largest absolute Gasteiger partial charge is 0.378 e. The molecule has 0 unspecified atom stereocenters. The van der Waals surface area contributed by atoms with Crippen LogP contribution < -0.4 is 15.1 Å². The third-order valence-corrected chi connectivity index (χ3v) is 5.07. The Morgan fingerprint density at radius 3 is 2.52 bits per heavy atom. The smallest absolute Gasteiger partial charge is 0.228 e. The Balaban J connectivity index is 1.57. The number of nitrogens with zero attached hydrogens (tertiary/aromatic N) is 5. The summed E-state index contributed by atoms with van der Waals surface area (Å²) in [5, 5.41) is 3.40. The Hall–Kier alpha value is -2.71. The number of ether oxygens (including phenoxy) is 1. The molecule has 2 saturated heterocycles. The number of piperazine rings is 1. The molecule has 0 atom stereocenters. The Kier molecular flexibility index (Phi) is 4.35. The van der Waals surface area contributed by atoms with Crippen LogP contribution in [0.15, 0.2) is 30.3 Å². The van der Waals surface area contributed by atoms with Crippen molar-refractivity contribution in [1.29, 1.82) is 0 Å². The first-order valence-electron chi connectivity index (χ1n) is 9.49. The van der Waals surface area contributed by atoms with Crippen LogP contribution in [0.25, 0.3) is 22.6 Å². The molecule has 3 aromatic rings. The minimum absolute atomic E-state index is 0.710. The van der Waals surface area contributed by atoms with E-state index in [-0.39, 0.29) is 0 Å². The first-order chi connectivity index (χ1) is 13.4. The van der Waals surface area contributed by atoms with E-state index in [0.29, 0.717) is 13.2 Å². The van der Waals surface area contributed by atoms with Crippen LogP contribution in [-0.2, 0) is 4.74 Å². The van der Waals surface area contributed by atoms with Crippen LogP contribution in [0.5, 0.6) is 0 Å². The van der Waals surface area contributed by atoms with Gasteiger partial charge in [-0.3, -0.25) is 0 Å². The number of aromatic amines is 1. The van der Waals surface area contributed by atoms with Crippen molar-refractivity contribution in [2.45, 2.75) is 0 Å². The summed E-state index contributed by atoms with van der Waals surface area (Å²) in [7, 11) is 0. The van der Waals surface area contributed by atoms with Crippen LogP contribution in [0, 0.1) is 0 Å². The highest BCUT2D eigenvalue weighted by Crippen LogP contribution is 2.25. The standard InChI is InChI=1S/C19H23N7O/c1-2-4-15-14(3-1)21-18(22-15)16-13-17(25-7-5-20-6-8-25)24-19(23-16)26-9-11-27-12-10-26/h1-4,13,20H,5-12H2,(H,21,22). The van der Waals surface area contributed by atoms with Gasteiger partial charge in [0.05, 0.1) is 24.2 Å². The van der Waals surface area contributed by atoms with E-state index in [4.69, 9.17) is 19.7 Å². The van der Waals surface area contributed by atoms with E-state index in [1.165, 1.54) is 0 Å². The van der Waals surface area contributed by atoms with Crippen molar-refractivity contribution < 1.29 is 4.74 Å². The summed E-state index contributed by atoms with van der Waals surface area (Å²) in [5.41, 5.74) is 2.79. The Morgan fingerprint density at radius 1 is 0.889 bits per heavy atom. The number of hydrogen-bond acceptors (Lipinski definition) is 7. The lowest BCUT2D eigenvalue weighted by molar-refractivity contribution is 0.122. The minimum Gasteiger partial charge on any atom is -0.378 e. The van der Waals surface area contributed by atoms with Crippen LogP contribution in [0.2, 0.25) is 0 Å². The number of morpholine rings is 1. The highest BCUT2D eigenvalue weighted by molar-refractivity contribution is 5.79. The van der Waals surface area contributed by atoms with Crippen molar-refractivity contribution in [3.63, 3.8) is 0 Å². The molecule has 0 spiro atoms. The monoisotopic (exact) mass is 365 g/mol. The van der Waals surface area contributed by atoms with Gasteiger partial charge in [0, 0.05) is 45.3 Å². The zero-order valence-corrected chi connectivity index (χ0v) is 15.2. The highest BCUT2D eigenvalue weighted by atomic mass is 16.5. The van der Waals surface area contributed by atoms with E-state index in [1.807, 2.05) is 30.3 Å². The number of nitrogens with one attached hydrogen (secondary N) is 2. The molecular weight excluding hydrogens is 342 g/mol. The number of imidazole rings is 1. The molecule has 0 bridgehead atoms. The van der Waals surface area contributed by atoms with Crippen molar-refractivity contribution in [2.75, 3.05) is 62.3 Å². The van der Waals surface area contributed by atoms with Gasteiger partial charge < -0.3 is 24.8 Å². The molecule has 8 nitrogen and oxygen atoms in total. The molecule has 2 N–H and O–H groups in total. The molecular formula is C19H23N7O. The lowest BCUT2D eigenvalue weighted by Crippen LogP contribution is -2.44. The second-order valence-corrected chi connectivity index (χ2v) is 6.85. The van der Waals surface area contributed by atoms with Gasteiger partial charge in [-0.05, 0) is 12.1 Å². The number of aromatic nitrogens is 4. The fraction of sp³-hybridized carbons (Fsp3) is 0.421.